The van der Waals surface area contributed by atoms with E-state index in [1.807, 2.05) is 0 Å². The van der Waals surface area contributed by atoms with Crippen molar-refractivity contribution >= 4 is 10.2 Å². The SMILES string of the molecule is O=S(=O)(F)C(F)(F)[18F]. The van der Waals surface area contributed by atoms with Crippen molar-refractivity contribution in [3.8, 4) is 0 Å². The highest BCUT2D eigenvalue weighted by molar-refractivity contribution is 7.87. The summed E-state index contributed by atoms with van der Waals surface area (Å²) in [5, 5.41) is 0. The highest BCUT2D eigenvalue weighted by atomic mass is 32.3. The molecule has 0 aromatic heterocycles. The average Bonchev–Trinajstić information content (AvgIpc) is 1.25. The van der Waals surface area contributed by atoms with Gasteiger partial charge < -0.3 is 0 Å². The molecule has 0 rings (SSSR count). The van der Waals surface area contributed by atoms with Gasteiger partial charge in [-0.3, -0.25) is 0 Å². The molecular formula is CF4O2S. The van der Waals surface area contributed by atoms with E-state index in [1.165, 1.54) is 0 Å². The minimum absolute atomic E-state index is 5.76. The van der Waals surface area contributed by atoms with Crippen LogP contribution >= 0.6 is 0 Å². The Morgan fingerprint density at radius 1 is 1.12 bits per heavy atom. The first-order valence-corrected chi connectivity index (χ1v) is 2.64. The predicted molar refractivity (Wildman–Crippen MR) is 16.1 cm³/mol. The van der Waals surface area contributed by atoms with Gasteiger partial charge in [0.05, 0.1) is 0 Å². The Morgan fingerprint density at radius 3 is 1.25 bits per heavy atom. The quantitative estimate of drug-likeness (QED) is 0.379. The lowest BCUT2D eigenvalue weighted by Gasteiger charge is -1.95. The zero-order chi connectivity index (χ0) is 7.00. The summed E-state index contributed by atoms with van der Waals surface area (Å²) < 4.78 is 60.3. The molecule has 2 nitrogen and oxygen atoms in total. The number of hydrogen-bond acceptors (Lipinski definition) is 2. The topological polar surface area (TPSA) is 34.1 Å². The Bertz CT molecular complexity index is 163. The fourth-order valence-corrected chi connectivity index (χ4v) is 0. The summed E-state index contributed by atoms with van der Waals surface area (Å²) in [5.41, 5.74) is -5.76. The lowest BCUT2D eigenvalue weighted by molar-refractivity contribution is -0.0478. The molecule has 0 bridgehead atoms. The molecular weight excluding hydrogens is 151 g/mol. The Morgan fingerprint density at radius 2 is 1.25 bits per heavy atom. The number of alkyl halides is 3. The normalized spacial score (nSPS) is 14.0. The van der Waals surface area contributed by atoms with Gasteiger partial charge in [-0.2, -0.15) is 21.6 Å². The second-order valence-corrected chi connectivity index (χ2v) is 2.22. The molecule has 0 saturated carbocycles. The molecule has 0 N–H and O–H groups in total. The van der Waals surface area contributed by atoms with Crippen LogP contribution in [0.4, 0.5) is 17.1 Å². The van der Waals surface area contributed by atoms with Gasteiger partial charge in [0.2, 0.25) is 0 Å². The molecule has 0 fully saturated rings. The first kappa shape index (κ1) is 7.67. The third kappa shape index (κ3) is 1.65. The van der Waals surface area contributed by atoms with Crippen molar-refractivity contribution in [3.05, 3.63) is 0 Å². The maximum atomic E-state index is 10.7. The molecule has 8 heavy (non-hydrogen) atoms. The third-order valence-electron chi connectivity index (χ3n) is 0.276. The molecule has 0 radical (unpaired) electrons. The van der Waals surface area contributed by atoms with E-state index in [4.69, 9.17) is 8.42 Å². The molecule has 0 aromatic rings. The Labute approximate surface area is 42.3 Å². The van der Waals surface area contributed by atoms with Crippen LogP contribution in [0.15, 0.2) is 0 Å². The van der Waals surface area contributed by atoms with Crippen LogP contribution in [-0.4, -0.2) is 13.9 Å². The fourth-order valence-electron chi connectivity index (χ4n) is 0. The van der Waals surface area contributed by atoms with Crippen molar-refractivity contribution in [2.24, 2.45) is 0 Å². The van der Waals surface area contributed by atoms with Gasteiger partial charge in [0.15, 0.2) is 0 Å². The molecule has 0 spiro atoms. The van der Waals surface area contributed by atoms with Crippen molar-refractivity contribution in [3.63, 3.8) is 0 Å². The van der Waals surface area contributed by atoms with Gasteiger partial charge in [0.25, 0.3) is 0 Å². The minimum atomic E-state index is -6.34. The molecule has 0 saturated heterocycles. The Balaban J connectivity index is 4.53. The largest absolute Gasteiger partial charge is 0.527 e. The summed E-state index contributed by atoms with van der Waals surface area (Å²) in [6, 6.07) is 0. The third-order valence-corrected chi connectivity index (χ3v) is 0.829. The van der Waals surface area contributed by atoms with Crippen molar-refractivity contribution in [1.29, 1.82) is 0 Å². The lowest BCUT2D eigenvalue weighted by atomic mass is 11.5. The first-order chi connectivity index (χ1) is 3.25. The van der Waals surface area contributed by atoms with Crippen LogP contribution < -0.4 is 0 Å². The van der Waals surface area contributed by atoms with Crippen molar-refractivity contribution in [2.45, 2.75) is 5.51 Å². The van der Waals surface area contributed by atoms with Gasteiger partial charge in [-0.1, -0.05) is 3.89 Å². The van der Waals surface area contributed by atoms with Gasteiger partial charge in [-0.05, 0) is 0 Å². The monoisotopic (exact) mass is 151 g/mol. The van der Waals surface area contributed by atoms with Crippen LogP contribution in [0.2, 0.25) is 0 Å². The molecule has 0 aliphatic carbocycles. The van der Waals surface area contributed by atoms with E-state index < -0.39 is 15.7 Å². The smallest absolute Gasteiger partial charge is 0.185 e. The zero-order valence-electron chi connectivity index (χ0n) is 3.24. The Hall–Kier alpha value is -0.330. The lowest BCUT2D eigenvalue weighted by Crippen LogP contribution is -2.17. The summed E-state index contributed by atoms with van der Waals surface area (Å²) in [6.45, 7) is 0. The minimum Gasteiger partial charge on any atom is -0.185 e. The highest BCUT2D eigenvalue weighted by Gasteiger charge is 2.46. The molecule has 0 aromatic carbocycles. The standard InChI is InChI=1S/CF4O2S/c2-1(3,4)8(5,6)7/i2-1. The van der Waals surface area contributed by atoms with Gasteiger partial charge in [0.1, 0.15) is 0 Å². The van der Waals surface area contributed by atoms with Crippen LogP contribution in [0, 0.1) is 0 Å². The molecule has 7 heteroatoms. The summed E-state index contributed by atoms with van der Waals surface area (Å²) in [7, 11) is -6.34. The summed E-state index contributed by atoms with van der Waals surface area (Å²) >= 11 is 0. The summed E-state index contributed by atoms with van der Waals surface area (Å²) in [4.78, 5) is 0. The molecule has 50 valence electrons. The highest BCUT2D eigenvalue weighted by Crippen LogP contribution is 2.23. The van der Waals surface area contributed by atoms with Gasteiger partial charge in [0, 0.05) is 0 Å². The van der Waals surface area contributed by atoms with Crippen LogP contribution in [0.25, 0.3) is 0 Å². The van der Waals surface area contributed by atoms with Crippen LogP contribution in [0.3, 0.4) is 0 Å². The second-order valence-electron chi connectivity index (χ2n) is 0.884. The molecule has 0 amide bonds. The van der Waals surface area contributed by atoms with Gasteiger partial charge in [-0.15, -0.1) is 0 Å². The first-order valence-electron chi connectivity index (χ1n) is 1.26. The van der Waals surface area contributed by atoms with Crippen molar-refractivity contribution < 1.29 is 25.5 Å². The van der Waals surface area contributed by atoms with E-state index in [-0.39, 0.29) is 0 Å². The van der Waals surface area contributed by atoms with E-state index in [1.54, 1.807) is 0 Å². The van der Waals surface area contributed by atoms with E-state index in [0.29, 0.717) is 0 Å². The van der Waals surface area contributed by atoms with E-state index in [2.05, 4.69) is 0 Å². The van der Waals surface area contributed by atoms with E-state index in [9.17, 15) is 17.1 Å². The van der Waals surface area contributed by atoms with Crippen LogP contribution in [0.1, 0.15) is 0 Å². The van der Waals surface area contributed by atoms with Gasteiger partial charge >= 0.3 is 15.7 Å². The summed E-state index contributed by atoms with van der Waals surface area (Å²) in [5.74, 6) is 0. The molecule has 0 heterocycles. The Kier molecular flexibility index (Phi) is 1.51. The van der Waals surface area contributed by atoms with Crippen LogP contribution in [-0.2, 0) is 10.2 Å². The fraction of sp³-hybridized carbons (Fsp3) is 1.00. The number of halogens is 4. The maximum Gasteiger partial charge on any atom is 0.527 e. The van der Waals surface area contributed by atoms with E-state index in [0.717, 1.165) is 0 Å². The van der Waals surface area contributed by atoms with Gasteiger partial charge in [-0.25, -0.2) is 0 Å². The molecule has 0 aliphatic heterocycles. The van der Waals surface area contributed by atoms with Crippen LogP contribution in [0.5, 0.6) is 0 Å². The average molecular weight is 151 g/mol. The predicted octanol–water partition coefficient (Wildman–Crippen LogP) is 0.806. The summed E-state index contributed by atoms with van der Waals surface area (Å²) in [6.07, 6.45) is 0. The zero-order valence-corrected chi connectivity index (χ0v) is 4.05. The number of rotatable bonds is 0. The van der Waals surface area contributed by atoms with Crippen molar-refractivity contribution in [2.75, 3.05) is 0 Å². The maximum absolute atomic E-state index is 10.7. The molecule has 0 aliphatic rings. The number of hydrogen-bond donors (Lipinski definition) is 0. The van der Waals surface area contributed by atoms with Crippen molar-refractivity contribution in [1.82, 2.24) is 0 Å². The second kappa shape index (κ2) is 1.57. The molecule has 0 atom stereocenters. The molecule has 0 unspecified atom stereocenters. The van der Waals surface area contributed by atoms with E-state index >= 15 is 0 Å².